The lowest BCUT2D eigenvalue weighted by molar-refractivity contribution is -0.0761. The number of alkyl halides is 3. The Morgan fingerprint density at radius 2 is 1.67 bits per heavy atom. The first-order chi connectivity index (χ1) is 12.6. The summed E-state index contributed by atoms with van der Waals surface area (Å²) in [6.07, 6.45) is 0.706. The van der Waals surface area contributed by atoms with Crippen molar-refractivity contribution in [3.63, 3.8) is 0 Å². The van der Waals surface area contributed by atoms with Gasteiger partial charge in [0.15, 0.2) is 0 Å². The van der Waals surface area contributed by atoms with Crippen molar-refractivity contribution in [2.24, 2.45) is 0 Å². The molecule has 1 aliphatic heterocycles. The van der Waals surface area contributed by atoms with Crippen LogP contribution in [0.15, 0.2) is 30.3 Å². The normalized spacial score (nSPS) is 14.7. The van der Waals surface area contributed by atoms with E-state index in [0.717, 1.165) is 0 Å². The molecule has 11 heteroatoms. The topological polar surface area (TPSA) is 90.0 Å². The molecule has 7 nitrogen and oxygen atoms in total. The van der Waals surface area contributed by atoms with Crippen LogP contribution in [0.5, 0.6) is 5.75 Å². The molecule has 0 unspecified atom stereocenters. The smallest absolute Gasteiger partial charge is 0.493 e. The lowest BCUT2D eigenvalue weighted by Crippen LogP contribution is -2.44. The highest BCUT2D eigenvalue weighted by Crippen LogP contribution is 2.37. The molecule has 0 N–H and O–H groups in total. The highest BCUT2D eigenvalue weighted by Gasteiger charge is 2.51. The molecule has 0 spiro atoms. The van der Waals surface area contributed by atoms with Crippen molar-refractivity contribution >= 4 is 32.7 Å². The second kappa shape index (κ2) is 6.50. The molecule has 144 valence electrons. The highest BCUT2D eigenvalue weighted by molar-refractivity contribution is 7.87. The lowest BCUT2D eigenvalue weighted by atomic mass is 9.94. The summed E-state index contributed by atoms with van der Waals surface area (Å²) in [5, 5.41) is 0.163. The largest absolute Gasteiger partial charge is 0.525 e. The first-order valence-electron chi connectivity index (χ1n) is 7.66. The zero-order chi connectivity index (χ0) is 20.0. The van der Waals surface area contributed by atoms with Crippen LogP contribution in [0.3, 0.4) is 0 Å². The summed E-state index contributed by atoms with van der Waals surface area (Å²) < 4.78 is 69.5. The van der Waals surface area contributed by atoms with E-state index in [1.807, 2.05) is 6.92 Å². The predicted molar refractivity (Wildman–Crippen MR) is 86.3 cm³/mol. The van der Waals surface area contributed by atoms with Gasteiger partial charge in [-0.05, 0) is 24.6 Å². The van der Waals surface area contributed by atoms with Gasteiger partial charge in [-0.15, -0.1) is 9.35 Å². The third-order valence-electron chi connectivity index (χ3n) is 3.75. The minimum atomic E-state index is -6.20. The van der Waals surface area contributed by atoms with Gasteiger partial charge in [0, 0.05) is 10.8 Å². The molecule has 2 aromatic carbocycles. The van der Waals surface area contributed by atoms with Gasteiger partial charge in [-0.25, -0.2) is 0 Å². The van der Waals surface area contributed by atoms with Crippen molar-refractivity contribution < 1.29 is 40.2 Å². The maximum atomic E-state index is 12.6. The van der Waals surface area contributed by atoms with E-state index in [-0.39, 0.29) is 16.5 Å². The molecule has 0 saturated carbocycles. The Kier molecular flexibility index (Phi) is 4.60. The van der Waals surface area contributed by atoms with Crippen molar-refractivity contribution in [2.75, 3.05) is 6.61 Å². The summed E-state index contributed by atoms with van der Waals surface area (Å²) in [5.74, 6) is -2.26. The van der Waals surface area contributed by atoms with Crippen LogP contribution < -0.4 is 4.74 Å². The van der Waals surface area contributed by atoms with Crippen LogP contribution in [-0.4, -0.2) is 37.4 Å². The standard InChI is InChI=1S/C16H12F3NO6S/c1-2-8-25-12-7-6-11-13-9(12)4-3-5-10(13)14(21)20(15(11)22)26-27(23,24)16(17,18)19/h3-7H,2,8H2,1H3. The van der Waals surface area contributed by atoms with Gasteiger partial charge in [0.05, 0.1) is 17.7 Å². The summed E-state index contributed by atoms with van der Waals surface area (Å²) in [5.41, 5.74) is -6.15. The van der Waals surface area contributed by atoms with Crippen molar-refractivity contribution in [1.29, 1.82) is 0 Å². The van der Waals surface area contributed by atoms with Crippen molar-refractivity contribution in [2.45, 2.75) is 18.9 Å². The minimum Gasteiger partial charge on any atom is -0.493 e. The number of halogens is 3. The number of carbonyl (C=O) groups excluding carboxylic acids is 2. The van der Waals surface area contributed by atoms with E-state index in [9.17, 15) is 31.2 Å². The van der Waals surface area contributed by atoms with Crippen LogP contribution >= 0.6 is 0 Å². The summed E-state index contributed by atoms with van der Waals surface area (Å²) in [4.78, 5) is 24.9. The van der Waals surface area contributed by atoms with Gasteiger partial charge >= 0.3 is 15.6 Å². The first kappa shape index (κ1) is 19.1. The molecule has 0 fully saturated rings. The van der Waals surface area contributed by atoms with Crippen LogP contribution in [0.4, 0.5) is 13.2 Å². The number of hydrogen-bond acceptors (Lipinski definition) is 6. The highest BCUT2D eigenvalue weighted by atomic mass is 32.2. The number of benzene rings is 2. The molecular weight excluding hydrogens is 391 g/mol. The van der Waals surface area contributed by atoms with Crippen molar-refractivity contribution in [1.82, 2.24) is 5.06 Å². The van der Waals surface area contributed by atoms with Crippen LogP contribution in [0.1, 0.15) is 34.1 Å². The summed E-state index contributed by atoms with van der Waals surface area (Å²) in [6, 6.07) is 6.92. The zero-order valence-corrected chi connectivity index (χ0v) is 14.6. The van der Waals surface area contributed by atoms with Gasteiger partial charge in [-0.3, -0.25) is 9.59 Å². The molecule has 2 amide bonds. The third-order valence-corrected chi connectivity index (χ3v) is 4.66. The number of hydrogen-bond donors (Lipinski definition) is 0. The van der Waals surface area contributed by atoms with Gasteiger partial charge in [0.25, 0.3) is 11.8 Å². The van der Waals surface area contributed by atoms with Crippen LogP contribution in [0.25, 0.3) is 10.8 Å². The van der Waals surface area contributed by atoms with Gasteiger partial charge < -0.3 is 4.74 Å². The molecule has 27 heavy (non-hydrogen) atoms. The fraction of sp³-hybridized carbons (Fsp3) is 0.250. The Labute approximate surface area is 151 Å². The molecular formula is C16H12F3NO6S. The molecule has 0 aliphatic carbocycles. The summed E-state index contributed by atoms with van der Waals surface area (Å²) in [6.45, 7) is 2.26. The van der Waals surface area contributed by atoms with E-state index >= 15 is 0 Å². The van der Waals surface area contributed by atoms with Crippen LogP contribution in [0.2, 0.25) is 0 Å². The molecule has 2 aromatic rings. The Bertz CT molecular complexity index is 1030. The number of imide groups is 1. The van der Waals surface area contributed by atoms with E-state index in [4.69, 9.17) is 4.74 Å². The quantitative estimate of drug-likeness (QED) is 0.563. The molecule has 0 radical (unpaired) electrons. The predicted octanol–water partition coefficient (Wildman–Crippen LogP) is 3.01. The average molecular weight is 403 g/mol. The summed E-state index contributed by atoms with van der Waals surface area (Å²) in [7, 11) is -6.20. The molecule has 0 aromatic heterocycles. The maximum Gasteiger partial charge on any atom is 0.525 e. The number of rotatable bonds is 5. The number of carbonyl (C=O) groups is 2. The minimum absolute atomic E-state index is 0.158. The Balaban J connectivity index is 2.12. The molecule has 3 rings (SSSR count). The zero-order valence-electron chi connectivity index (χ0n) is 13.7. The van der Waals surface area contributed by atoms with Gasteiger partial charge in [-0.1, -0.05) is 19.1 Å². The monoisotopic (exact) mass is 403 g/mol. The van der Waals surface area contributed by atoms with E-state index in [1.54, 1.807) is 6.07 Å². The van der Waals surface area contributed by atoms with Crippen LogP contribution in [-0.2, 0) is 14.4 Å². The van der Waals surface area contributed by atoms with E-state index in [1.165, 1.54) is 24.3 Å². The van der Waals surface area contributed by atoms with E-state index in [0.29, 0.717) is 24.2 Å². The molecule has 0 atom stereocenters. The molecule has 0 saturated heterocycles. The SMILES string of the molecule is CCCOc1ccc2c3c(cccc13)C(=O)N(OS(=O)(=O)C(F)(F)F)C2=O. The Hall–Kier alpha value is -2.66. The third kappa shape index (κ3) is 3.12. The number of nitrogens with zero attached hydrogens (tertiary/aromatic N) is 1. The maximum absolute atomic E-state index is 12.6. The fourth-order valence-electron chi connectivity index (χ4n) is 2.59. The molecule has 0 bridgehead atoms. The second-order valence-corrected chi connectivity index (χ2v) is 7.09. The van der Waals surface area contributed by atoms with E-state index in [2.05, 4.69) is 4.28 Å². The molecule has 1 aliphatic rings. The first-order valence-corrected chi connectivity index (χ1v) is 9.07. The Morgan fingerprint density at radius 1 is 1.04 bits per heavy atom. The van der Waals surface area contributed by atoms with Crippen molar-refractivity contribution in [3.8, 4) is 5.75 Å². The Morgan fingerprint density at radius 3 is 2.26 bits per heavy atom. The second-order valence-electron chi connectivity index (χ2n) is 5.57. The van der Waals surface area contributed by atoms with E-state index < -0.39 is 32.5 Å². The fourth-order valence-corrected chi connectivity index (χ4v) is 3.01. The number of hydroxylamine groups is 2. The lowest BCUT2D eigenvalue weighted by Gasteiger charge is -2.26. The van der Waals surface area contributed by atoms with Crippen LogP contribution in [0, 0.1) is 0 Å². The number of ether oxygens (including phenoxy) is 1. The molecule has 1 heterocycles. The average Bonchev–Trinajstić information content (AvgIpc) is 2.60. The van der Waals surface area contributed by atoms with Gasteiger partial charge in [0.1, 0.15) is 5.75 Å². The van der Waals surface area contributed by atoms with Gasteiger partial charge in [-0.2, -0.15) is 21.6 Å². The van der Waals surface area contributed by atoms with Gasteiger partial charge in [0.2, 0.25) is 0 Å². The summed E-state index contributed by atoms with van der Waals surface area (Å²) >= 11 is 0. The van der Waals surface area contributed by atoms with Crippen molar-refractivity contribution in [3.05, 3.63) is 41.5 Å². The number of amides is 2.